The Hall–Kier alpha value is -9.62. The number of rotatable bonds is 2. The van der Waals surface area contributed by atoms with Crippen LogP contribution in [-0.4, -0.2) is 0 Å². The lowest BCUT2D eigenvalue weighted by Crippen LogP contribution is -2.14. The van der Waals surface area contributed by atoms with Gasteiger partial charge in [-0.15, -0.1) is 0 Å². The Morgan fingerprint density at radius 2 is 0.575 bits per heavy atom. The van der Waals surface area contributed by atoms with Crippen molar-refractivity contribution in [1.29, 1.82) is 0 Å². The summed E-state index contributed by atoms with van der Waals surface area (Å²) in [5.41, 5.74) is 26.2. The lowest BCUT2D eigenvalue weighted by molar-refractivity contribution is 0.660. The van der Waals surface area contributed by atoms with Gasteiger partial charge in [-0.25, -0.2) is 0 Å². The standard InChI is InChI=1S/2C16H16.2C13H12.2C11H10.C7H8/c1-11-8-9-15-13(10-11)12-6-4-5-7-14(12)16(15,2)3;1-11-8-9-13-12-6-4-5-7-14(12)16(2,3)15(13)10-11;1-11-6-5-9-13(10-11)12-7-3-2-4-8-12;1-11-7-9-13(10-8-11)12-5-3-2-4-6-12;1-9-5-4-7-10-6-2-3-8-11(9)10;1-9-6-7-10-4-2-3-5-11(10)8-9;1-7-5-3-2-4-6-7/h2*4-10H,1-3H3;2*2-10H,1H3;2*2-8H,1H3;2-6H,1H3. The maximum Gasteiger partial charge on any atom is 0.0158 e. The Balaban J connectivity index is 0.000000122. The molecule has 432 valence electrons. The highest BCUT2D eigenvalue weighted by atomic mass is 14.4. The first-order valence-corrected chi connectivity index (χ1v) is 30.6. The van der Waals surface area contributed by atoms with Gasteiger partial charge in [-0.2, -0.15) is 0 Å². The molecule has 0 amide bonds. The van der Waals surface area contributed by atoms with Gasteiger partial charge in [0.1, 0.15) is 0 Å². The second kappa shape index (κ2) is 29.0. The summed E-state index contributed by atoms with van der Waals surface area (Å²) in [5, 5.41) is 5.33. The van der Waals surface area contributed by atoms with Gasteiger partial charge in [-0.3, -0.25) is 0 Å². The van der Waals surface area contributed by atoms with E-state index in [9.17, 15) is 0 Å². The molecule has 0 N–H and O–H groups in total. The van der Waals surface area contributed by atoms with E-state index >= 15 is 0 Å². The van der Waals surface area contributed by atoms with E-state index in [0.717, 1.165) is 0 Å². The van der Waals surface area contributed by atoms with Gasteiger partial charge in [0.2, 0.25) is 0 Å². The van der Waals surface area contributed by atoms with Crippen molar-refractivity contribution in [3.05, 3.63) is 371 Å². The fourth-order valence-electron chi connectivity index (χ4n) is 11.7. The predicted molar refractivity (Wildman–Crippen MR) is 379 cm³/mol. The van der Waals surface area contributed by atoms with Crippen molar-refractivity contribution in [3.8, 4) is 44.5 Å². The minimum Gasteiger partial charge on any atom is -0.0622 e. The largest absolute Gasteiger partial charge is 0.0622 e. The Kier molecular flexibility index (Phi) is 20.6. The molecule has 0 radical (unpaired) electrons. The van der Waals surface area contributed by atoms with E-state index in [4.69, 9.17) is 0 Å². The zero-order valence-corrected chi connectivity index (χ0v) is 52.9. The maximum atomic E-state index is 2.33. The Bertz CT molecular complexity index is 4300. The van der Waals surface area contributed by atoms with E-state index in [1.54, 1.807) is 0 Å². The Morgan fingerprint density at radius 3 is 1.18 bits per heavy atom. The van der Waals surface area contributed by atoms with Gasteiger partial charge < -0.3 is 0 Å². The van der Waals surface area contributed by atoms with Crippen molar-refractivity contribution in [2.45, 2.75) is 87.0 Å². The molecule has 87 heavy (non-hydrogen) atoms. The molecule has 2 aliphatic rings. The lowest BCUT2D eigenvalue weighted by Gasteiger charge is -2.21. The molecule has 0 heteroatoms. The SMILES string of the molecule is Cc1ccc(-c2ccccc2)cc1.Cc1ccc2c(c1)-c1ccccc1C2(C)C.Cc1ccc2c(c1)C(C)(C)c1ccccc1-2.Cc1ccc2ccccc2c1.Cc1cccc(-c2ccccc2)c1.Cc1cccc2ccccc12.Cc1ccccc1. The molecule has 0 saturated carbocycles. The zero-order valence-electron chi connectivity index (χ0n) is 52.9. The summed E-state index contributed by atoms with van der Waals surface area (Å²) in [5.74, 6) is 0. The van der Waals surface area contributed by atoms with Crippen LogP contribution < -0.4 is 0 Å². The van der Waals surface area contributed by atoms with Crippen LogP contribution in [0.4, 0.5) is 0 Å². The highest BCUT2D eigenvalue weighted by molar-refractivity contribution is 5.86. The van der Waals surface area contributed by atoms with Crippen LogP contribution in [-0.2, 0) is 10.8 Å². The molecular formula is C87H84. The Morgan fingerprint density at radius 1 is 0.195 bits per heavy atom. The monoisotopic (exact) mass is 1130 g/mol. The second-order valence-corrected chi connectivity index (χ2v) is 24.2. The molecule has 0 spiro atoms. The van der Waals surface area contributed by atoms with Crippen LogP contribution in [0.5, 0.6) is 0 Å². The smallest absolute Gasteiger partial charge is 0.0158 e. The van der Waals surface area contributed by atoms with Crippen LogP contribution in [0, 0.1) is 48.5 Å². The third-order valence-electron chi connectivity index (χ3n) is 16.6. The minimum atomic E-state index is 0.151. The number of fused-ring (bicyclic) bond motifs is 8. The fourth-order valence-corrected chi connectivity index (χ4v) is 11.7. The normalized spacial score (nSPS) is 12.0. The van der Waals surface area contributed by atoms with Crippen molar-refractivity contribution in [3.63, 3.8) is 0 Å². The van der Waals surface area contributed by atoms with E-state index in [1.807, 2.05) is 30.3 Å². The number of benzene rings is 13. The van der Waals surface area contributed by atoms with Gasteiger partial charge in [0.25, 0.3) is 0 Å². The zero-order chi connectivity index (χ0) is 61.3. The quantitative estimate of drug-likeness (QED) is 0.162. The molecule has 0 unspecified atom stereocenters. The van der Waals surface area contributed by atoms with Crippen LogP contribution in [0.25, 0.3) is 66.1 Å². The Labute approximate surface area is 520 Å². The van der Waals surface area contributed by atoms with Gasteiger partial charge >= 0.3 is 0 Å². The van der Waals surface area contributed by atoms with Crippen molar-refractivity contribution in [2.75, 3.05) is 0 Å². The molecule has 0 nitrogen and oxygen atoms in total. The van der Waals surface area contributed by atoms with E-state index in [2.05, 4.69) is 355 Å². The van der Waals surface area contributed by atoms with Gasteiger partial charge in [0.15, 0.2) is 0 Å². The molecule has 0 atom stereocenters. The van der Waals surface area contributed by atoms with Gasteiger partial charge in [-0.05, 0) is 142 Å². The van der Waals surface area contributed by atoms with Gasteiger partial charge in [0.05, 0.1) is 0 Å². The van der Waals surface area contributed by atoms with Gasteiger partial charge in [0, 0.05) is 10.8 Å². The molecule has 0 aromatic heterocycles. The number of hydrogen-bond donors (Lipinski definition) is 0. The molecule has 0 heterocycles. The van der Waals surface area contributed by atoms with Crippen molar-refractivity contribution in [2.24, 2.45) is 0 Å². The highest BCUT2D eigenvalue weighted by Crippen LogP contribution is 2.50. The van der Waals surface area contributed by atoms with Crippen LogP contribution in [0.2, 0.25) is 0 Å². The van der Waals surface area contributed by atoms with E-state index in [-0.39, 0.29) is 10.8 Å². The van der Waals surface area contributed by atoms with E-state index in [1.165, 1.54) is 127 Å². The first kappa shape index (κ1) is 61.9. The number of aryl methyl sites for hydroxylation is 7. The lowest BCUT2D eigenvalue weighted by atomic mass is 9.82. The number of hydrogen-bond acceptors (Lipinski definition) is 0. The summed E-state index contributed by atoms with van der Waals surface area (Å²) in [6.45, 7) is 24.2. The maximum absolute atomic E-state index is 2.33. The molecule has 13 aromatic rings. The molecular weight excluding hydrogens is 1040 g/mol. The first-order valence-electron chi connectivity index (χ1n) is 30.6. The third-order valence-corrected chi connectivity index (χ3v) is 16.6. The van der Waals surface area contributed by atoms with Crippen LogP contribution >= 0.6 is 0 Å². The van der Waals surface area contributed by atoms with Crippen LogP contribution in [0.15, 0.2) is 309 Å². The van der Waals surface area contributed by atoms with Crippen molar-refractivity contribution in [1.82, 2.24) is 0 Å². The van der Waals surface area contributed by atoms with E-state index < -0.39 is 0 Å². The summed E-state index contributed by atoms with van der Waals surface area (Å²) >= 11 is 0. The highest BCUT2D eigenvalue weighted by Gasteiger charge is 2.36. The third kappa shape index (κ3) is 15.8. The summed E-state index contributed by atoms with van der Waals surface area (Å²) in [4.78, 5) is 0. The summed E-state index contributed by atoms with van der Waals surface area (Å²) in [6, 6.07) is 109. The van der Waals surface area contributed by atoms with Crippen LogP contribution in [0.1, 0.15) is 88.9 Å². The molecule has 2 aliphatic carbocycles. The van der Waals surface area contributed by atoms with E-state index in [0.29, 0.717) is 0 Å². The molecule has 0 aliphatic heterocycles. The van der Waals surface area contributed by atoms with Gasteiger partial charge in [-0.1, -0.05) is 370 Å². The average Bonchev–Trinajstić information content (AvgIpc) is 1.65. The van der Waals surface area contributed by atoms with Crippen molar-refractivity contribution < 1.29 is 0 Å². The molecule has 13 aromatic carbocycles. The second-order valence-electron chi connectivity index (χ2n) is 24.2. The topological polar surface area (TPSA) is 0 Å². The fraction of sp³-hybridized carbons (Fsp3) is 0.149. The minimum absolute atomic E-state index is 0.151. The summed E-state index contributed by atoms with van der Waals surface area (Å²) in [7, 11) is 0. The summed E-state index contributed by atoms with van der Waals surface area (Å²) in [6.07, 6.45) is 0. The predicted octanol–water partition coefficient (Wildman–Crippen LogP) is 24.2. The molecule has 15 rings (SSSR count). The first-order chi connectivity index (χ1) is 42.1. The van der Waals surface area contributed by atoms with Crippen LogP contribution in [0.3, 0.4) is 0 Å². The molecule has 0 bridgehead atoms. The summed E-state index contributed by atoms with van der Waals surface area (Å²) < 4.78 is 0. The van der Waals surface area contributed by atoms with Crippen molar-refractivity contribution >= 4 is 21.5 Å². The average molecular weight is 1130 g/mol. The molecule has 0 fully saturated rings. The molecule has 0 saturated heterocycles.